The second-order valence-corrected chi connectivity index (χ2v) is 7.18. The van der Waals surface area contributed by atoms with Gasteiger partial charge in [0.2, 0.25) is 5.91 Å². The zero-order chi connectivity index (χ0) is 19.2. The number of nitrogens with zero attached hydrogens (tertiary/aromatic N) is 4. The maximum absolute atomic E-state index is 12.4. The Hall–Kier alpha value is -2.64. The number of rotatable bonds is 7. The molecule has 0 aliphatic heterocycles. The number of carbonyl (C=O) groups excluding carboxylic acids is 1. The molecular weight excluding hydrogens is 358 g/mol. The van der Waals surface area contributed by atoms with Crippen molar-refractivity contribution in [1.29, 1.82) is 0 Å². The first kappa shape index (κ1) is 19.1. The molecule has 0 saturated heterocycles. The first-order valence-corrected chi connectivity index (χ1v) is 9.88. The van der Waals surface area contributed by atoms with E-state index in [1.54, 1.807) is 22.8 Å². The molecule has 0 aliphatic carbocycles. The Labute approximate surface area is 163 Å². The van der Waals surface area contributed by atoms with Gasteiger partial charge in [-0.1, -0.05) is 18.2 Å². The normalized spacial score (nSPS) is 12.1. The summed E-state index contributed by atoms with van der Waals surface area (Å²) in [6.07, 6.45) is 5.20. The van der Waals surface area contributed by atoms with Crippen molar-refractivity contribution in [2.24, 2.45) is 0 Å². The smallest absolute Gasteiger partial charge is 0.238 e. The molecule has 0 fully saturated rings. The summed E-state index contributed by atoms with van der Waals surface area (Å²) >= 11 is 1.65. The van der Waals surface area contributed by atoms with Gasteiger partial charge in [0.15, 0.2) is 0 Å². The molecule has 140 valence electrons. The van der Waals surface area contributed by atoms with Crippen LogP contribution in [0.2, 0.25) is 0 Å². The fraction of sp³-hybridized carbons (Fsp3) is 0.250. The molecule has 0 bridgehead atoms. The number of aromatic nitrogens is 3. The number of likely N-dealkylation sites (N-methyl/N-ethyl adjacent to an activating group) is 1. The van der Waals surface area contributed by atoms with E-state index in [9.17, 15) is 4.79 Å². The Balaban J connectivity index is 1.59. The maximum atomic E-state index is 12.4. The van der Waals surface area contributed by atoms with Crippen LogP contribution >= 0.6 is 11.8 Å². The van der Waals surface area contributed by atoms with Crippen molar-refractivity contribution in [1.82, 2.24) is 19.7 Å². The minimum atomic E-state index is -0.0261. The zero-order valence-electron chi connectivity index (χ0n) is 15.7. The molecule has 3 rings (SSSR count). The zero-order valence-corrected chi connectivity index (χ0v) is 16.5. The van der Waals surface area contributed by atoms with Gasteiger partial charge in [-0.2, -0.15) is 5.10 Å². The largest absolute Gasteiger partial charge is 0.325 e. The van der Waals surface area contributed by atoms with Crippen LogP contribution in [0.3, 0.4) is 0 Å². The van der Waals surface area contributed by atoms with Crippen molar-refractivity contribution in [3.8, 4) is 5.69 Å². The van der Waals surface area contributed by atoms with E-state index >= 15 is 0 Å². The summed E-state index contributed by atoms with van der Waals surface area (Å²) in [5.74, 6) is -0.0261. The van der Waals surface area contributed by atoms with Crippen LogP contribution in [0.25, 0.3) is 5.69 Å². The van der Waals surface area contributed by atoms with Crippen molar-refractivity contribution in [3.05, 3.63) is 66.7 Å². The van der Waals surface area contributed by atoms with Crippen molar-refractivity contribution in [2.75, 3.05) is 25.2 Å². The van der Waals surface area contributed by atoms with E-state index in [1.165, 1.54) is 6.33 Å². The van der Waals surface area contributed by atoms with E-state index in [1.807, 2.05) is 54.6 Å². The van der Waals surface area contributed by atoms with Gasteiger partial charge < -0.3 is 5.32 Å². The van der Waals surface area contributed by atoms with Gasteiger partial charge in [-0.15, -0.1) is 11.8 Å². The second-order valence-electron chi connectivity index (χ2n) is 6.30. The molecule has 0 radical (unpaired) electrons. The van der Waals surface area contributed by atoms with Crippen LogP contribution in [-0.2, 0) is 4.79 Å². The average Bonchev–Trinajstić information content (AvgIpc) is 3.22. The Morgan fingerprint density at radius 2 is 2.04 bits per heavy atom. The van der Waals surface area contributed by atoms with Gasteiger partial charge in [-0.3, -0.25) is 9.69 Å². The topological polar surface area (TPSA) is 63.1 Å². The SMILES string of the molecule is CSc1cccc(NC(=O)CN(C)C(C)c2ccc(-n3cncn3)cc2)c1. The van der Waals surface area contributed by atoms with Crippen molar-refractivity contribution in [2.45, 2.75) is 17.9 Å². The van der Waals surface area contributed by atoms with E-state index in [0.29, 0.717) is 6.54 Å². The number of anilines is 1. The standard InChI is InChI=1S/C20H23N5OS/c1-15(16-7-9-18(10-8-16)25-14-21-13-22-25)24(2)12-20(26)23-17-5-4-6-19(11-17)27-3/h4-11,13-15H,12H2,1-3H3,(H,23,26). The second kappa shape index (κ2) is 8.83. The molecule has 1 unspecified atom stereocenters. The first-order chi connectivity index (χ1) is 13.1. The van der Waals surface area contributed by atoms with E-state index in [4.69, 9.17) is 0 Å². The Bertz CT molecular complexity index is 880. The quantitative estimate of drug-likeness (QED) is 0.633. The van der Waals surface area contributed by atoms with Crippen LogP contribution in [0.15, 0.2) is 66.1 Å². The maximum Gasteiger partial charge on any atom is 0.238 e. The molecule has 1 aromatic heterocycles. The van der Waals surface area contributed by atoms with Gasteiger partial charge >= 0.3 is 0 Å². The fourth-order valence-electron chi connectivity index (χ4n) is 2.77. The third kappa shape index (κ3) is 4.96. The Morgan fingerprint density at radius 3 is 2.70 bits per heavy atom. The molecule has 1 N–H and O–H groups in total. The van der Waals surface area contributed by atoms with E-state index in [2.05, 4.69) is 34.5 Å². The van der Waals surface area contributed by atoms with E-state index in [-0.39, 0.29) is 11.9 Å². The van der Waals surface area contributed by atoms with Crippen LogP contribution < -0.4 is 5.32 Å². The summed E-state index contributed by atoms with van der Waals surface area (Å²) in [4.78, 5) is 19.5. The van der Waals surface area contributed by atoms with Gasteiger partial charge in [-0.25, -0.2) is 9.67 Å². The van der Waals surface area contributed by atoms with Gasteiger partial charge in [0, 0.05) is 16.6 Å². The number of nitrogens with one attached hydrogen (secondary N) is 1. The van der Waals surface area contributed by atoms with Crippen LogP contribution in [0.5, 0.6) is 0 Å². The molecule has 2 aromatic carbocycles. The molecule has 0 aliphatic rings. The first-order valence-electron chi connectivity index (χ1n) is 8.66. The van der Waals surface area contributed by atoms with Crippen LogP contribution in [0.1, 0.15) is 18.5 Å². The highest BCUT2D eigenvalue weighted by atomic mass is 32.2. The molecule has 6 nitrogen and oxygen atoms in total. The van der Waals surface area contributed by atoms with Crippen LogP contribution in [0.4, 0.5) is 5.69 Å². The van der Waals surface area contributed by atoms with E-state index in [0.717, 1.165) is 21.8 Å². The summed E-state index contributed by atoms with van der Waals surface area (Å²) < 4.78 is 1.72. The molecule has 3 aromatic rings. The average molecular weight is 382 g/mol. The minimum absolute atomic E-state index is 0.0261. The Morgan fingerprint density at radius 1 is 1.26 bits per heavy atom. The lowest BCUT2D eigenvalue weighted by molar-refractivity contribution is -0.117. The van der Waals surface area contributed by atoms with Gasteiger partial charge in [0.1, 0.15) is 12.7 Å². The molecule has 0 spiro atoms. The Kier molecular flexibility index (Phi) is 6.26. The highest BCUT2D eigenvalue weighted by Gasteiger charge is 2.15. The van der Waals surface area contributed by atoms with Gasteiger partial charge in [-0.05, 0) is 56.1 Å². The predicted octanol–water partition coefficient (Wildman–Crippen LogP) is 3.62. The molecule has 0 saturated carbocycles. The number of carbonyl (C=O) groups is 1. The number of amides is 1. The monoisotopic (exact) mass is 381 g/mol. The number of hydrogen-bond donors (Lipinski definition) is 1. The lowest BCUT2D eigenvalue weighted by atomic mass is 10.1. The third-order valence-corrected chi connectivity index (χ3v) is 5.19. The predicted molar refractivity (Wildman–Crippen MR) is 109 cm³/mol. The number of benzene rings is 2. The fourth-order valence-corrected chi connectivity index (χ4v) is 3.23. The van der Waals surface area contributed by atoms with Gasteiger partial charge in [0.05, 0.1) is 12.2 Å². The summed E-state index contributed by atoms with van der Waals surface area (Å²) in [7, 11) is 1.95. The lowest BCUT2D eigenvalue weighted by Crippen LogP contribution is -2.32. The number of hydrogen-bond acceptors (Lipinski definition) is 5. The summed E-state index contributed by atoms with van der Waals surface area (Å²) in [6.45, 7) is 2.40. The van der Waals surface area contributed by atoms with Crippen molar-refractivity contribution in [3.63, 3.8) is 0 Å². The van der Waals surface area contributed by atoms with Crippen LogP contribution in [-0.4, -0.2) is 45.4 Å². The molecule has 27 heavy (non-hydrogen) atoms. The highest BCUT2D eigenvalue weighted by molar-refractivity contribution is 7.98. The third-order valence-electron chi connectivity index (χ3n) is 4.47. The van der Waals surface area contributed by atoms with Gasteiger partial charge in [0.25, 0.3) is 0 Å². The van der Waals surface area contributed by atoms with Crippen molar-refractivity contribution < 1.29 is 4.79 Å². The van der Waals surface area contributed by atoms with E-state index < -0.39 is 0 Å². The summed E-state index contributed by atoms with van der Waals surface area (Å²) in [5, 5.41) is 7.10. The highest BCUT2D eigenvalue weighted by Crippen LogP contribution is 2.21. The molecule has 7 heteroatoms. The molecular formula is C20H23N5OS. The van der Waals surface area contributed by atoms with Crippen molar-refractivity contribution >= 4 is 23.4 Å². The summed E-state index contributed by atoms with van der Waals surface area (Å²) in [6, 6.07) is 16.1. The van der Waals surface area contributed by atoms with Crippen LogP contribution in [0, 0.1) is 0 Å². The number of thioether (sulfide) groups is 1. The summed E-state index contributed by atoms with van der Waals surface area (Å²) in [5.41, 5.74) is 2.92. The minimum Gasteiger partial charge on any atom is -0.325 e. The molecule has 1 heterocycles. The molecule has 1 atom stereocenters. The molecule has 1 amide bonds. The lowest BCUT2D eigenvalue weighted by Gasteiger charge is -2.24.